The predicted molar refractivity (Wildman–Crippen MR) is 413 cm³/mol. The Balaban J connectivity index is 0.0000168. The molecule has 30 nitrogen and oxygen atoms in total. The molecular formula is C74H93Cl2N9O21PS2Y-. The number of carbonyl (C=O) groups excluding carboxylic acids is 9. The van der Waals surface area contributed by atoms with Crippen LogP contribution in [0.15, 0.2) is 97.1 Å². The number of phosphoric ester groups is 1. The Kier molecular flexibility index (Phi) is 37.3. The van der Waals surface area contributed by atoms with Crippen LogP contribution < -0.4 is 46.1 Å². The van der Waals surface area contributed by atoms with Gasteiger partial charge in [-0.05, 0) is 70.5 Å². The number of hydrogen-bond acceptors (Lipinski definition) is 21. The number of likely N-dealkylation sites (N-methyl/N-ethyl adjacent to an activating group) is 2. The van der Waals surface area contributed by atoms with Gasteiger partial charge in [0.1, 0.15) is 18.1 Å². The standard InChI is InChI=1S/C74H94Cl2N9O21PS2.Y/c1-47(2)68(81-64(87)21-26-98-28-30-100-32-34-102-36-37-103-35-33-101-31-29-99-27-23-78-65(88)46-108)59(86)38-49(10-9-22-79-72(77)92)69(89)80-52-17-15-48(16-18-52)45-104-73(93)82(3)24-25-83(4)74(94)105-60-39-57-66(55-13-7-5-11-53(55)60)50(41-75)43-84(57)70(90)62-19-20-63(109-62)71(91)85-44-51(42-76)67-56-14-8-6-12-54(56)61(40-58(67)85)106-107(95,96)97;/h5-8,11-20,39-40,47,49-51,68,108H,9-10,21-38,41-46H2,1-4H3,(H,78,88)(H,80,89)(H,81,87)(H3,77,79,92)(H2,95,96,97);/p-1/t49-,50-,51-,68+;/m1./s1. The topological polar surface area (TPSA) is 381 Å². The number of anilines is 3. The third-order valence-corrected chi connectivity index (χ3v) is 20.3. The van der Waals surface area contributed by atoms with Crippen LogP contribution in [0, 0.1) is 11.8 Å². The number of rotatable bonds is 45. The Morgan fingerprint density at radius 2 is 1.12 bits per heavy atom. The van der Waals surface area contributed by atoms with Crippen molar-refractivity contribution in [2.75, 3.05) is 165 Å². The number of Topliss-reactive ketones (excluding diaryl/α,β-unsaturated/α-hetero) is 1. The first-order valence-electron chi connectivity index (χ1n) is 35.5. The number of urea groups is 1. The van der Waals surface area contributed by atoms with Crippen molar-refractivity contribution in [3.8, 4) is 11.5 Å². The number of alkyl halides is 2. The van der Waals surface area contributed by atoms with Crippen molar-refractivity contribution in [1.29, 1.82) is 0 Å². The fourth-order valence-corrected chi connectivity index (χ4v) is 14.1. The molecule has 1 aromatic heterocycles. The average molecular weight is 1700 g/mol. The van der Waals surface area contributed by atoms with Gasteiger partial charge in [-0.2, -0.15) is 0 Å². The van der Waals surface area contributed by atoms with Gasteiger partial charge in [0.15, 0.2) is 11.7 Å². The van der Waals surface area contributed by atoms with E-state index < -0.39 is 61.6 Å². The Bertz CT molecular complexity index is 4170. The average Bonchev–Trinajstić information content (AvgIpc) is 1.58. The zero-order chi connectivity index (χ0) is 78.6. The van der Waals surface area contributed by atoms with Crippen LogP contribution in [0.5, 0.6) is 11.5 Å². The maximum atomic E-state index is 14.7. The van der Waals surface area contributed by atoms with Crippen molar-refractivity contribution in [3.63, 3.8) is 0 Å². The number of amides is 9. The van der Waals surface area contributed by atoms with Crippen molar-refractivity contribution < 1.29 is 133 Å². The first kappa shape index (κ1) is 90.1. The summed E-state index contributed by atoms with van der Waals surface area (Å²) >= 11 is 18.7. The van der Waals surface area contributed by atoms with E-state index in [-0.39, 0.29) is 179 Å². The molecule has 4 atom stereocenters. The zero-order valence-electron chi connectivity index (χ0n) is 61.6. The predicted octanol–water partition coefficient (Wildman–Crippen LogP) is 8.44. The molecule has 36 heteroatoms. The van der Waals surface area contributed by atoms with E-state index in [4.69, 9.17) is 71.4 Å². The van der Waals surface area contributed by atoms with Crippen LogP contribution in [-0.4, -0.2) is 229 Å². The Morgan fingerprint density at radius 1 is 0.636 bits per heavy atom. The zero-order valence-corrected chi connectivity index (χ0v) is 68.5. The number of nitrogens with zero attached hydrogens (tertiary/aromatic N) is 4. The fraction of sp³-hybridized carbons (Fsp3) is 0.473. The molecule has 595 valence electrons. The molecule has 5 aromatic carbocycles. The van der Waals surface area contributed by atoms with Crippen molar-refractivity contribution in [3.05, 3.63) is 124 Å². The molecule has 3 heterocycles. The van der Waals surface area contributed by atoms with E-state index in [9.17, 15) is 57.5 Å². The number of ether oxygens (including phenoxy) is 8. The van der Waals surface area contributed by atoms with Crippen molar-refractivity contribution >= 4 is 147 Å². The van der Waals surface area contributed by atoms with Crippen LogP contribution in [0.1, 0.15) is 87.4 Å². The molecule has 6 aromatic rings. The molecule has 0 spiro atoms. The van der Waals surface area contributed by atoms with E-state index in [0.717, 1.165) is 22.5 Å². The molecule has 2 aliphatic heterocycles. The molecule has 0 saturated carbocycles. The first-order valence-corrected chi connectivity index (χ1v) is 39.5. The number of halogens is 2. The Labute approximate surface area is 682 Å². The van der Waals surface area contributed by atoms with Gasteiger partial charge in [-0.3, -0.25) is 38.6 Å². The number of nitrogens with one attached hydrogen (secondary N) is 4. The molecule has 0 saturated heterocycles. The van der Waals surface area contributed by atoms with E-state index in [2.05, 4.69) is 33.9 Å². The number of nitrogens with two attached hydrogens (primary N) is 1. The molecule has 8 rings (SSSR count). The summed E-state index contributed by atoms with van der Waals surface area (Å²) in [4.78, 5) is 145. The van der Waals surface area contributed by atoms with Gasteiger partial charge in [0.2, 0.25) is 11.8 Å². The van der Waals surface area contributed by atoms with Gasteiger partial charge in [0.05, 0.1) is 106 Å². The molecule has 0 unspecified atom stereocenters. The normalized spacial score (nSPS) is 14.3. The molecule has 0 aliphatic carbocycles. The van der Waals surface area contributed by atoms with Gasteiger partial charge in [-0.1, -0.05) is 80.3 Å². The molecule has 110 heavy (non-hydrogen) atoms. The number of benzene rings is 5. The minimum atomic E-state index is -5.01. The minimum Gasteiger partial charge on any atom is -0.783 e. The number of hydrogen-bond donors (Lipinski definition) is 7. The van der Waals surface area contributed by atoms with E-state index >= 15 is 0 Å². The van der Waals surface area contributed by atoms with E-state index in [0.29, 0.717) is 117 Å². The summed E-state index contributed by atoms with van der Waals surface area (Å²) in [5, 5.41) is 13.1. The maximum absolute atomic E-state index is 14.7. The Hall–Kier alpha value is -7.11. The summed E-state index contributed by atoms with van der Waals surface area (Å²) in [5.74, 6) is -3.84. The summed E-state index contributed by atoms with van der Waals surface area (Å²) in [7, 11) is -2.00. The second-order valence-corrected chi connectivity index (χ2v) is 29.1. The maximum Gasteiger partial charge on any atom is 0.524 e. The molecule has 0 fully saturated rings. The van der Waals surface area contributed by atoms with Gasteiger partial charge in [-0.15, -0.1) is 34.5 Å². The minimum absolute atomic E-state index is 0. The molecule has 8 N–H and O–H groups in total. The third-order valence-electron chi connectivity index (χ3n) is 17.7. The fourth-order valence-electron chi connectivity index (χ4n) is 12.2. The number of fused-ring (bicyclic) bond motifs is 6. The van der Waals surface area contributed by atoms with Crippen LogP contribution >= 0.6 is 42.4 Å². The van der Waals surface area contributed by atoms with Crippen LogP contribution in [-0.2, 0) is 109 Å². The van der Waals surface area contributed by atoms with Gasteiger partial charge in [0.25, 0.3) is 11.8 Å². The smallest absolute Gasteiger partial charge is 0.524 e. The van der Waals surface area contributed by atoms with Gasteiger partial charge >= 0.3 is 26.0 Å². The van der Waals surface area contributed by atoms with Crippen LogP contribution in [0.4, 0.5) is 31.4 Å². The van der Waals surface area contributed by atoms with Gasteiger partial charge < -0.3 is 102 Å². The third kappa shape index (κ3) is 26.8. The summed E-state index contributed by atoms with van der Waals surface area (Å²) < 4.78 is 61.8. The van der Waals surface area contributed by atoms with Crippen LogP contribution in [0.25, 0.3) is 21.5 Å². The molecule has 9 amide bonds. The quantitative estimate of drug-likeness (QED) is 0.00815. The monoisotopic (exact) mass is 1700 g/mol. The number of primary amides is 1. The summed E-state index contributed by atoms with van der Waals surface area (Å²) in [5.41, 5.74) is 8.55. The van der Waals surface area contributed by atoms with Crippen molar-refractivity contribution in [2.45, 2.75) is 64.0 Å². The second-order valence-electron chi connectivity index (χ2n) is 25.9. The van der Waals surface area contributed by atoms with E-state index in [1.54, 1.807) is 97.6 Å². The SMILES string of the molecule is CC(C)[C@H](NC(=O)CCOCCOCCOCCOCCOCCOCCNC(=O)C[S-])C(=O)C[C@@H](CCCNC(N)=O)C(=O)Nc1ccc(COC(=O)N(C)CCN(C)C(=O)Oc2cc3c(c4ccccc24)[C@H](CCl)CN3C(=O)c2ccc(C(=O)N3C[C@@H](CCl)c4c3cc(OP(=O)(O)O)c3ccccc43)s2)cc1.[Y]. The molecular weight excluding hydrogens is 1610 g/mol. The molecule has 1 radical (unpaired) electrons. The Morgan fingerprint density at radius 3 is 1.61 bits per heavy atom. The van der Waals surface area contributed by atoms with Crippen molar-refractivity contribution in [1.82, 2.24) is 25.8 Å². The summed E-state index contributed by atoms with van der Waals surface area (Å²) in [6, 6.07) is 25.2. The molecule has 2 aliphatic rings. The van der Waals surface area contributed by atoms with E-state index in [1.165, 1.54) is 34.9 Å². The summed E-state index contributed by atoms with van der Waals surface area (Å²) in [6.07, 6.45) is -1.20. The number of carbonyl (C=O) groups is 9. The molecule has 0 bridgehead atoms. The van der Waals surface area contributed by atoms with Gasteiger partial charge in [-0.25, -0.2) is 18.9 Å². The first-order chi connectivity index (χ1) is 52.4. The van der Waals surface area contributed by atoms with Crippen molar-refractivity contribution in [2.24, 2.45) is 17.6 Å². The second kappa shape index (κ2) is 45.6. The largest absolute Gasteiger partial charge is 0.783 e. The number of thiophene rings is 1. The summed E-state index contributed by atoms with van der Waals surface area (Å²) in [6.45, 7) is 8.33. The van der Waals surface area contributed by atoms with Crippen LogP contribution in [0.3, 0.4) is 0 Å². The van der Waals surface area contributed by atoms with Gasteiger partial charge in [0, 0.05) is 157 Å². The number of phosphoric acid groups is 1. The van der Waals surface area contributed by atoms with Crippen LogP contribution in [0.2, 0.25) is 0 Å². The van der Waals surface area contributed by atoms with E-state index in [1.807, 2.05) is 12.1 Å². The number of ketones is 1.